The molecule has 0 aromatic heterocycles. The van der Waals surface area contributed by atoms with Crippen LogP contribution in [0.15, 0.2) is 12.1 Å². The summed E-state index contributed by atoms with van der Waals surface area (Å²) < 4.78 is 26.7. The van der Waals surface area contributed by atoms with Crippen LogP contribution in [0.25, 0.3) is 0 Å². The summed E-state index contributed by atoms with van der Waals surface area (Å²) in [5.74, 6) is -2.14. The summed E-state index contributed by atoms with van der Waals surface area (Å²) in [6.07, 6.45) is 0. The molecule has 0 aliphatic carbocycles. The van der Waals surface area contributed by atoms with E-state index in [2.05, 4.69) is 5.32 Å². The molecule has 1 amide bonds. The van der Waals surface area contributed by atoms with Crippen molar-refractivity contribution in [3.8, 4) is 0 Å². The number of halogens is 4. The summed E-state index contributed by atoms with van der Waals surface area (Å²) in [4.78, 5) is 13.3. The van der Waals surface area contributed by atoms with E-state index in [0.29, 0.717) is 13.1 Å². The molecule has 0 saturated carbocycles. The third-order valence-corrected chi connectivity index (χ3v) is 3.16. The Balaban J connectivity index is 0.00000162. The third kappa shape index (κ3) is 2.74. The molecular weight excluding hydrogens is 285 g/mol. The maximum Gasteiger partial charge on any atom is 0.257 e. The minimum Gasteiger partial charge on any atom is -0.336 e. The van der Waals surface area contributed by atoms with Crippen molar-refractivity contribution in [2.45, 2.75) is 6.04 Å². The van der Waals surface area contributed by atoms with Gasteiger partial charge in [0.2, 0.25) is 0 Å². The van der Waals surface area contributed by atoms with E-state index < -0.39 is 17.5 Å². The molecule has 1 aliphatic rings. The Labute approximate surface area is 115 Å². The van der Waals surface area contributed by atoms with Gasteiger partial charge in [0, 0.05) is 20.1 Å². The third-order valence-electron chi connectivity index (χ3n) is 2.87. The summed E-state index contributed by atoms with van der Waals surface area (Å²) in [6, 6.07) is 1.68. The van der Waals surface area contributed by atoms with E-state index in [0.717, 1.165) is 12.1 Å². The van der Waals surface area contributed by atoms with E-state index >= 15 is 0 Å². The van der Waals surface area contributed by atoms with Crippen LogP contribution in [0.5, 0.6) is 0 Å². The molecule has 2 rings (SSSR count). The fourth-order valence-electron chi connectivity index (χ4n) is 1.59. The van der Waals surface area contributed by atoms with Gasteiger partial charge >= 0.3 is 0 Å². The summed E-state index contributed by atoms with van der Waals surface area (Å²) in [5, 5.41) is 2.67. The molecule has 0 spiro atoms. The number of hydrogen-bond donors (Lipinski definition) is 1. The normalized spacial score (nSPS) is 14.7. The largest absolute Gasteiger partial charge is 0.336 e. The first kappa shape index (κ1) is 15.1. The molecule has 1 saturated heterocycles. The molecule has 1 fully saturated rings. The van der Waals surface area contributed by atoms with Crippen LogP contribution in [0.2, 0.25) is 5.02 Å². The van der Waals surface area contributed by atoms with Gasteiger partial charge in [-0.05, 0) is 12.1 Å². The second-order valence-electron chi connectivity index (χ2n) is 3.97. The molecule has 0 bridgehead atoms. The number of amides is 1. The van der Waals surface area contributed by atoms with Gasteiger partial charge in [-0.1, -0.05) is 11.6 Å². The maximum absolute atomic E-state index is 13.5. The molecule has 1 aliphatic heterocycles. The molecule has 0 unspecified atom stereocenters. The quantitative estimate of drug-likeness (QED) is 0.848. The Kier molecular flexibility index (Phi) is 4.90. The smallest absolute Gasteiger partial charge is 0.257 e. The van der Waals surface area contributed by atoms with Crippen LogP contribution >= 0.6 is 24.0 Å². The first-order valence-electron chi connectivity index (χ1n) is 5.13. The molecule has 100 valence electrons. The Morgan fingerprint density at radius 3 is 2.50 bits per heavy atom. The Bertz CT molecular complexity index is 467. The van der Waals surface area contributed by atoms with Crippen molar-refractivity contribution in [3.05, 3.63) is 34.4 Å². The van der Waals surface area contributed by atoms with Gasteiger partial charge in [0.1, 0.15) is 11.6 Å². The zero-order valence-corrected chi connectivity index (χ0v) is 11.1. The molecular formula is C11H12Cl2F2N2O. The molecule has 1 heterocycles. The van der Waals surface area contributed by atoms with Crippen molar-refractivity contribution in [1.82, 2.24) is 10.2 Å². The van der Waals surface area contributed by atoms with E-state index in [1.54, 1.807) is 7.05 Å². The van der Waals surface area contributed by atoms with Crippen molar-refractivity contribution in [1.29, 1.82) is 0 Å². The standard InChI is InChI=1S/C11H11ClF2N2O.ClH/c1-16(6-4-15-5-6)11(17)7-2-10(14)8(12)3-9(7)13;/h2-3,6,15H,4-5H2,1H3;1H. The Morgan fingerprint density at radius 2 is 2.00 bits per heavy atom. The number of hydrogen-bond acceptors (Lipinski definition) is 2. The molecule has 3 nitrogen and oxygen atoms in total. The summed E-state index contributed by atoms with van der Waals surface area (Å²) in [5.41, 5.74) is -0.290. The fourth-order valence-corrected chi connectivity index (χ4v) is 1.74. The first-order valence-corrected chi connectivity index (χ1v) is 5.51. The average molecular weight is 297 g/mol. The van der Waals surface area contributed by atoms with E-state index in [9.17, 15) is 13.6 Å². The van der Waals surface area contributed by atoms with E-state index in [1.165, 1.54) is 4.90 Å². The van der Waals surface area contributed by atoms with Crippen molar-refractivity contribution in [2.75, 3.05) is 20.1 Å². The summed E-state index contributed by atoms with van der Waals surface area (Å²) in [7, 11) is 1.57. The lowest BCUT2D eigenvalue weighted by Gasteiger charge is -2.35. The highest BCUT2D eigenvalue weighted by Gasteiger charge is 2.28. The van der Waals surface area contributed by atoms with Crippen LogP contribution < -0.4 is 5.32 Å². The molecule has 1 aromatic carbocycles. The lowest BCUT2D eigenvalue weighted by molar-refractivity contribution is 0.0676. The molecule has 1 aromatic rings. The van der Waals surface area contributed by atoms with Crippen LogP contribution in [0.1, 0.15) is 10.4 Å². The van der Waals surface area contributed by atoms with Gasteiger partial charge in [-0.3, -0.25) is 4.79 Å². The van der Waals surface area contributed by atoms with Crippen LogP contribution in [0.4, 0.5) is 8.78 Å². The molecule has 0 atom stereocenters. The predicted molar refractivity (Wildman–Crippen MR) is 67.4 cm³/mol. The lowest BCUT2D eigenvalue weighted by Crippen LogP contribution is -2.57. The minimum absolute atomic E-state index is 0. The van der Waals surface area contributed by atoms with Crippen LogP contribution in [0, 0.1) is 11.6 Å². The van der Waals surface area contributed by atoms with Crippen molar-refractivity contribution in [3.63, 3.8) is 0 Å². The van der Waals surface area contributed by atoms with Gasteiger partial charge in [0.05, 0.1) is 16.6 Å². The van der Waals surface area contributed by atoms with Gasteiger partial charge in [0.25, 0.3) is 5.91 Å². The average Bonchev–Trinajstić information content (AvgIpc) is 2.20. The number of benzene rings is 1. The van der Waals surface area contributed by atoms with E-state index in [4.69, 9.17) is 11.6 Å². The second kappa shape index (κ2) is 5.82. The van der Waals surface area contributed by atoms with Gasteiger partial charge in [-0.15, -0.1) is 12.4 Å². The van der Waals surface area contributed by atoms with Crippen molar-refractivity contribution >= 4 is 29.9 Å². The Morgan fingerprint density at radius 1 is 1.39 bits per heavy atom. The monoisotopic (exact) mass is 296 g/mol. The topological polar surface area (TPSA) is 32.3 Å². The van der Waals surface area contributed by atoms with Crippen LogP contribution in [0.3, 0.4) is 0 Å². The van der Waals surface area contributed by atoms with Gasteiger partial charge in [-0.2, -0.15) is 0 Å². The van der Waals surface area contributed by atoms with Crippen LogP contribution in [-0.4, -0.2) is 37.0 Å². The minimum atomic E-state index is -0.805. The number of carbonyl (C=O) groups excluding carboxylic acids is 1. The highest BCUT2D eigenvalue weighted by molar-refractivity contribution is 6.30. The molecule has 7 heteroatoms. The number of rotatable bonds is 2. The highest BCUT2D eigenvalue weighted by atomic mass is 35.5. The maximum atomic E-state index is 13.5. The number of carbonyl (C=O) groups is 1. The molecule has 1 N–H and O–H groups in total. The molecule has 0 radical (unpaired) electrons. The zero-order chi connectivity index (χ0) is 12.6. The van der Waals surface area contributed by atoms with Gasteiger partial charge in [0.15, 0.2) is 0 Å². The first-order chi connectivity index (χ1) is 8.00. The number of nitrogens with one attached hydrogen (secondary N) is 1. The van der Waals surface area contributed by atoms with Crippen molar-refractivity contribution < 1.29 is 13.6 Å². The van der Waals surface area contributed by atoms with Crippen LogP contribution in [-0.2, 0) is 0 Å². The van der Waals surface area contributed by atoms with Gasteiger partial charge < -0.3 is 10.2 Å². The summed E-state index contributed by atoms with van der Waals surface area (Å²) in [6.45, 7) is 1.33. The van der Waals surface area contributed by atoms with E-state index in [-0.39, 0.29) is 29.0 Å². The SMILES string of the molecule is CN(C(=O)c1cc(F)c(Cl)cc1F)C1CNC1.Cl. The van der Waals surface area contributed by atoms with Crippen molar-refractivity contribution in [2.24, 2.45) is 0 Å². The summed E-state index contributed by atoms with van der Waals surface area (Å²) >= 11 is 5.42. The highest BCUT2D eigenvalue weighted by Crippen LogP contribution is 2.21. The number of likely N-dealkylation sites (N-methyl/N-ethyl adjacent to an activating group) is 1. The van der Waals surface area contributed by atoms with Gasteiger partial charge in [-0.25, -0.2) is 8.78 Å². The second-order valence-corrected chi connectivity index (χ2v) is 4.38. The molecule has 18 heavy (non-hydrogen) atoms. The predicted octanol–water partition coefficient (Wildman–Crippen LogP) is 2.08. The van der Waals surface area contributed by atoms with E-state index in [1.807, 2.05) is 0 Å². The number of nitrogens with zero attached hydrogens (tertiary/aromatic N) is 1. The zero-order valence-electron chi connectivity index (χ0n) is 9.54. The fraction of sp³-hybridized carbons (Fsp3) is 0.364. The Hall–Kier alpha value is -0.910. The lowest BCUT2D eigenvalue weighted by atomic mass is 10.1.